The molecule has 0 aliphatic carbocycles. The standard InChI is InChI=1S/C13H22N4/c1-10-7-13(15-8-12(10)14)17-6-4-5-11(9-17)16(2)3/h7-8,11H,4-6,9,14H2,1-3H3. The van der Waals surface area contributed by atoms with E-state index in [4.69, 9.17) is 5.73 Å². The number of hydrogen-bond acceptors (Lipinski definition) is 4. The number of hydrogen-bond donors (Lipinski definition) is 1. The van der Waals surface area contributed by atoms with Crippen LogP contribution in [0.25, 0.3) is 0 Å². The van der Waals surface area contributed by atoms with Crippen LogP contribution in [-0.2, 0) is 0 Å². The Hall–Kier alpha value is -1.29. The van der Waals surface area contributed by atoms with Crippen molar-refractivity contribution in [1.82, 2.24) is 9.88 Å². The Bertz CT molecular complexity index is 389. The molecule has 0 radical (unpaired) electrons. The molecule has 2 N–H and O–H groups in total. The van der Waals surface area contributed by atoms with Crippen molar-refractivity contribution in [2.45, 2.75) is 25.8 Å². The van der Waals surface area contributed by atoms with Crippen molar-refractivity contribution < 1.29 is 0 Å². The minimum Gasteiger partial charge on any atom is -0.397 e. The van der Waals surface area contributed by atoms with Crippen LogP contribution in [0.1, 0.15) is 18.4 Å². The summed E-state index contributed by atoms with van der Waals surface area (Å²) in [4.78, 5) is 9.10. The average Bonchev–Trinajstić information content (AvgIpc) is 2.33. The van der Waals surface area contributed by atoms with Crippen LogP contribution >= 0.6 is 0 Å². The molecule has 0 amide bonds. The van der Waals surface area contributed by atoms with Crippen LogP contribution < -0.4 is 10.6 Å². The zero-order valence-corrected chi connectivity index (χ0v) is 11.0. The fourth-order valence-electron chi connectivity index (χ4n) is 2.31. The van der Waals surface area contributed by atoms with Crippen LogP contribution in [0.2, 0.25) is 0 Å². The van der Waals surface area contributed by atoms with Gasteiger partial charge in [-0.2, -0.15) is 0 Å². The number of aromatic nitrogens is 1. The fraction of sp³-hybridized carbons (Fsp3) is 0.615. The van der Waals surface area contributed by atoms with Gasteiger partial charge in [-0.25, -0.2) is 4.98 Å². The summed E-state index contributed by atoms with van der Waals surface area (Å²) in [6.07, 6.45) is 4.27. The molecular formula is C13H22N4. The maximum Gasteiger partial charge on any atom is 0.128 e. The van der Waals surface area contributed by atoms with E-state index in [1.807, 2.05) is 6.92 Å². The van der Waals surface area contributed by atoms with E-state index < -0.39 is 0 Å². The van der Waals surface area contributed by atoms with Gasteiger partial charge in [-0.15, -0.1) is 0 Å². The molecule has 0 saturated carbocycles. The number of nitrogens with two attached hydrogens (primary N) is 1. The lowest BCUT2D eigenvalue weighted by molar-refractivity contribution is 0.257. The Morgan fingerprint density at radius 2 is 2.24 bits per heavy atom. The second kappa shape index (κ2) is 4.92. The third-order valence-electron chi connectivity index (χ3n) is 3.59. The smallest absolute Gasteiger partial charge is 0.128 e. The van der Waals surface area contributed by atoms with Crippen molar-refractivity contribution in [1.29, 1.82) is 0 Å². The molecule has 1 unspecified atom stereocenters. The van der Waals surface area contributed by atoms with Crippen LogP contribution in [0.4, 0.5) is 11.5 Å². The van der Waals surface area contributed by atoms with Crippen molar-refractivity contribution in [3.8, 4) is 0 Å². The van der Waals surface area contributed by atoms with Crippen LogP contribution in [0.5, 0.6) is 0 Å². The first-order chi connectivity index (χ1) is 8.08. The van der Waals surface area contributed by atoms with Crippen LogP contribution in [0, 0.1) is 6.92 Å². The summed E-state index contributed by atoms with van der Waals surface area (Å²) >= 11 is 0. The summed E-state index contributed by atoms with van der Waals surface area (Å²) < 4.78 is 0. The lowest BCUT2D eigenvalue weighted by atomic mass is 10.0. The highest BCUT2D eigenvalue weighted by atomic mass is 15.2. The van der Waals surface area contributed by atoms with Gasteiger partial charge in [-0.3, -0.25) is 0 Å². The van der Waals surface area contributed by atoms with Gasteiger partial charge < -0.3 is 15.5 Å². The molecule has 0 spiro atoms. The number of aryl methyl sites for hydroxylation is 1. The Labute approximate surface area is 103 Å². The molecule has 1 saturated heterocycles. The quantitative estimate of drug-likeness (QED) is 0.842. The van der Waals surface area contributed by atoms with E-state index in [9.17, 15) is 0 Å². The lowest BCUT2D eigenvalue weighted by Gasteiger charge is -2.36. The highest BCUT2D eigenvalue weighted by Crippen LogP contribution is 2.22. The zero-order valence-electron chi connectivity index (χ0n) is 11.0. The molecule has 1 aliphatic heterocycles. The minimum atomic E-state index is 0.628. The number of nitrogens with zero attached hydrogens (tertiary/aromatic N) is 3. The van der Waals surface area contributed by atoms with Gasteiger partial charge >= 0.3 is 0 Å². The number of likely N-dealkylation sites (N-methyl/N-ethyl adjacent to an activating group) is 1. The number of anilines is 2. The summed E-state index contributed by atoms with van der Waals surface area (Å²) in [5.74, 6) is 1.06. The predicted molar refractivity (Wildman–Crippen MR) is 72.3 cm³/mol. The van der Waals surface area contributed by atoms with E-state index in [2.05, 4.69) is 34.9 Å². The summed E-state index contributed by atoms with van der Waals surface area (Å²) in [7, 11) is 4.30. The molecule has 4 heteroatoms. The van der Waals surface area contributed by atoms with E-state index in [0.717, 1.165) is 30.2 Å². The zero-order chi connectivity index (χ0) is 12.4. The first-order valence-corrected chi connectivity index (χ1v) is 6.21. The molecule has 94 valence electrons. The van der Waals surface area contributed by atoms with E-state index in [1.165, 1.54) is 12.8 Å². The van der Waals surface area contributed by atoms with Crippen LogP contribution in [-0.4, -0.2) is 43.1 Å². The maximum absolute atomic E-state index is 5.80. The SMILES string of the molecule is Cc1cc(N2CCCC(N(C)C)C2)ncc1N. The summed E-state index contributed by atoms with van der Waals surface area (Å²) in [5, 5.41) is 0. The number of pyridine rings is 1. The second-order valence-corrected chi connectivity index (χ2v) is 5.10. The highest BCUT2D eigenvalue weighted by molar-refractivity contribution is 5.52. The topological polar surface area (TPSA) is 45.4 Å². The van der Waals surface area contributed by atoms with Crippen molar-refractivity contribution >= 4 is 11.5 Å². The van der Waals surface area contributed by atoms with Gasteiger partial charge in [0, 0.05) is 19.1 Å². The van der Waals surface area contributed by atoms with Crippen LogP contribution in [0.3, 0.4) is 0 Å². The van der Waals surface area contributed by atoms with E-state index in [0.29, 0.717) is 6.04 Å². The predicted octanol–water partition coefficient (Wildman–Crippen LogP) is 1.50. The van der Waals surface area contributed by atoms with Crippen molar-refractivity contribution in [2.24, 2.45) is 0 Å². The molecule has 1 atom stereocenters. The van der Waals surface area contributed by atoms with Crippen LogP contribution in [0.15, 0.2) is 12.3 Å². The number of rotatable bonds is 2. The van der Waals surface area contributed by atoms with Gasteiger partial charge in [-0.05, 0) is 45.5 Å². The van der Waals surface area contributed by atoms with Crippen molar-refractivity contribution in [3.05, 3.63) is 17.8 Å². The Kier molecular flexibility index (Phi) is 3.52. The fourth-order valence-corrected chi connectivity index (χ4v) is 2.31. The molecule has 2 rings (SSSR count). The second-order valence-electron chi connectivity index (χ2n) is 5.10. The molecule has 1 aromatic rings. The minimum absolute atomic E-state index is 0.628. The molecule has 0 aromatic carbocycles. The van der Waals surface area contributed by atoms with Crippen molar-refractivity contribution in [2.75, 3.05) is 37.8 Å². The molecular weight excluding hydrogens is 212 g/mol. The maximum atomic E-state index is 5.80. The highest BCUT2D eigenvalue weighted by Gasteiger charge is 2.22. The largest absolute Gasteiger partial charge is 0.397 e. The normalized spacial score (nSPS) is 20.9. The van der Waals surface area contributed by atoms with Gasteiger partial charge in [0.1, 0.15) is 5.82 Å². The summed E-state index contributed by atoms with van der Waals surface area (Å²) in [6.45, 7) is 4.19. The first-order valence-electron chi connectivity index (χ1n) is 6.21. The number of piperidine rings is 1. The summed E-state index contributed by atoms with van der Waals surface area (Å²) in [5.41, 5.74) is 7.69. The Balaban J connectivity index is 2.13. The molecule has 4 nitrogen and oxygen atoms in total. The third-order valence-corrected chi connectivity index (χ3v) is 3.59. The molecule has 1 aromatic heterocycles. The number of nitrogen functional groups attached to an aromatic ring is 1. The van der Waals surface area contributed by atoms with Gasteiger partial charge in [0.2, 0.25) is 0 Å². The summed E-state index contributed by atoms with van der Waals surface area (Å²) in [6, 6.07) is 2.72. The molecule has 1 fully saturated rings. The van der Waals surface area contributed by atoms with Gasteiger partial charge in [0.25, 0.3) is 0 Å². The molecule has 2 heterocycles. The molecule has 1 aliphatic rings. The first kappa shape index (κ1) is 12.2. The van der Waals surface area contributed by atoms with E-state index in [-0.39, 0.29) is 0 Å². The lowest BCUT2D eigenvalue weighted by Crippen LogP contribution is -2.45. The Morgan fingerprint density at radius 3 is 2.88 bits per heavy atom. The van der Waals surface area contributed by atoms with Gasteiger partial charge in [-0.1, -0.05) is 0 Å². The van der Waals surface area contributed by atoms with E-state index >= 15 is 0 Å². The van der Waals surface area contributed by atoms with Gasteiger partial charge in [0.15, 0.2) is 0 Å². The van der Waals surface area contributed by atoms with Gasteiger partial charge in [0.05, 0.1) is 11.9 Å². The molecule has 17 heavy (non-hydrogen) atoms. The Morgan fingerprint density at radius 1 is 1.47 bits per heavy atom. The van der Waals surface area contributed by atoms with Crippen molar-refractivity contribution in [3.63, 3.8) is 0 Å². The average molecular weight is 234 g/mol. The monoisotopic (exact) mass is 234 g/mol. The third kappa shape index (κ3) is 2.69. The molecule has 0 bridgehead atoms. The van der Waals surface area contributed by atoms with E-state index in [1.54, 1.807) is 6.20 Å².